The maximum Gasteiger partial charge on any atom is 0.290 e. The molecule has 0 saturated heterocycles. The van der Waals surface area contributed by atoms with E-state index in [4.69, 9.17) is 5.73 Å². The molecule has 0 unspecified atom stereocenters. The zero-order valence-electron chi connectivity index (χ0n) is 11.2. The van der Waals surface area contributed by atoms with E-state index in [0.717, 1.165) is 25.1 Å². The Morgan fingerprint density at radius 3 is 2.39 bits per heavy atom. The average Bonchev–Trinajstić information content (AvgIpc) is 3.19. The molecule has 3 rings (SSSR count). The molecular weight excluding hydrogens is 226 g/mol. The highest BCUT2D eigenvalue weighted by Crippen LogP contribution is 2.42. The van der Waals surface area contributed by atoms with Gasteiger partial charge in [-0.1, -0.05) is 19.3 Å². The van der Waals surface area contributed by atoms with Crippen molar-refractivity contribution < 1.29 is 0 Å². The SMILES string of the molecule is CCn1c(C2CC2)c(N)c(=O)n1C1CCCCC1. The second-order valence-electron chi connectivity index (χ2n) is 5.73. The molecule has 2 N–H and O–H groups in total. The Labute approximate surface area is 108 Å². The largest absolute Gasteiger partial charge is 0.393 e. The predicted molar refractivity (Wildman–Crippen MR) is 72.9 cm³/mol. The van der Waals surface area contributed by atoms with Gasteiger partial charge in [0.05, 0.1) is 11.7 Å². The third-order valence-corrected chi connectivity index (χ3v) is 4.44. The van der Waals surface area contributed by atoms with E-state index in [2.05, 4.69) is 11.6 Å². The summed E-state index contributed by atoms with van der Waals surface area (Å²) in [7, 11) is 0. The summed E-state index contributed by atoms with van der Waals surface area (Å²) in [5.74, 6) is 0.544. The molecule has 2 aliphatic rings. The number of aromatic nitrogens is 2. The van der Waals surface area contributed by atoms with Crippen molar-refractivity contribution in [1.29, 1.82) is 0 Å². The van der Waals surface area contributed by atoms with Gasteiger partial charge in [0.2, 0.25) is 0 Å². The van der Waals surface area contributed by atoms with E-state index in [1.165, 1.54) is 32.1 Å². The maximum atomic E-state index is 12.4. The molecule has 0 aromatic carbocycles. The standard InChI is InChI=1S/C14H23N3O/c1-2-16-13(10-8-9-10)12(15)14(18)17(16)11-6-4-3-5-7-11/h10-11H,2-9,15H2,1H3. The van der Waals surface area contributed by atoms with Gasteiger partial charge in [-0.05, 0) is 32.6 Å². The Morgan fingerprint density at radius 1 is 1.17 bits per heavy atom. The van der Waals surface area contributed by atoms with Crippen LogP contribution in [0.3, 0.4) is 0 Å². The number of nitrogens with two attached hydrogens (primary N) is 1. The van der Waals surface area contributed by atoms with Gasteiger partial charge in [-0.2, -0.15) is 0 Å². The van der Waals surface area contributed by atoms with Crippen LogP contribution in [0.1, 0.15) is 69.5 Å². The summed E-state index contributed by atoms with van der Waals surface area (Å²) in [5, 5.41) is 0. The van der Waals surface area contributed by atoms with Gasteiger partial charge in [-0.15, -0.1) is 0 Å². The second-order valence-corrected chi connectivity index (χ2v) is 5.73. The summed E-state index contributed by atoms with van der Waals surface area (Å²) in [4.78, 5) is 12.4. The summed E-state index contributed by atoms with van der Waals surface area (Å²) < 4.78 is 4.15. The Hall–Kier alpha value is -1.19. The van der Waals surface area contributed by atoms with Crippen LogP contribution in [-0.2, 0) is 6.54 Å². The Kier molecular flexibility index (Phi) is 2.96. The number of hydrogen-bond acceptors (Lipinski definition) is 2. The van der Waals surface area contributed by atoms with Gasteiger partial charge in [0.1, 0.15) is 5.69 Å². The van der Waals surface area contributed by atoms with Crippen molar-refractivity contribution in [3.63, 3.8) is 0 Å². The minimum atomic E-state index is 0.0608. The van der Waals surface area contributed by atoms with E-state index in [1.807, 2.05) is 4.68 Å². The molecule has 2 saturated carbocycles. The van der Waals surface area contributed by atoms with Gasteiger partial charge in [0, 0.05) is 12.5 Å². The molecule has 0 atom stereocenters. The highest BCUT2D eigenvalue weighted by molar-refractivity contribution is 5.45. The summed E-state index contributed by atoms with van der Waals surface area (Å²) in [6.45, 7) is 2.97. The molecule has 1 heterocycles. The molecule has 18 heavy (non-hydrogen) atoms. The smallest absolute Gasteiger partial charge is 0.290 e. The van der Waals surface area contributed by atoms with Crippen molar-refractivity contribution in [3.05, 3.63) is 16.0 Å². The lowest BCUT2D eigenvalue weighted by atomic mass is 9.96. The van der Waals surface area contributed by atoms with Crippen molar-refractivity contribution in [2.45, 2.75) is 70.4 Å². The van der Waals surface area contributed by atoms with Gasteiger partial charge >= 0.3 is 0 Å². The number of nitrogen functional groups attached to an aromatic ring is 1. The summed E-state index contributed by atoms with van der Waals surface area (Å²) >= 11 is 0. The first-order valence-electron chi connectivity index (χ1n) is 7.34. The second kappa shape index (κ2) is 4.48. The van der Waals surface area contributed by atoms with Crippen LogP contribution < -0.4 is 11.3 Å². The minimum absolute atomic E-state index is 0.0608. The van der Waals surface area contributed by atoms with E-state index in [1.54, 1.807) is 0 Å². The lowest BCUT2D eigenvalue weighted by molar-refractivity contribution is 0.281. The fourth-order valence-electron chi connectivity index (χ4n) is 3.40. The van der Waals surface area contributed by atoms with Crippen molar-refractivity contribution in [1.82, 2.24) is 9.36 Å². The number of hydrogen-bond donors (Lipinski definition) is 1. The highest BCUT2D eigenvalue weighted by atomic mass is 16.1. The molecule has 1 aromatic heterocycles. The summed E-state index contributed by atoms with van der Waals surface area (Å²) in [6.07, 6.45) is 8.44. The zero-order chi connectivity index (χ0) is 12.7. The van der Waals surface area contributed by atoms with Crippen LogP contribution in [0.25, 0.3) is 0 Å². The molecule has 1 aromatic rings. The molecule has 0 spiro atoms. The first-order chi connectivity index (χ1) is 8.74. The molecular formula is C14H23N3O. The van der Waals surface area contributed by atoms with E-state index < -0.39 is 0 Å². The number of anilines is 1. The van der Waals surface area contributed by atoms with E-state index in [0.29, 0.717) is 17.6 Å². The Bertz CT molecular complexity index is 490. The fourth-order valence-corrected chi connectivity index (χ4v) is 3.40. The van der Waals surface area contributed by atoms with Crippen LogP contribution in [0.5, 0.6) is 0 Å². The van der Waals surface area contributed by atoms with E-state index >= 15 is 0 Å². The average molecular weight is 249 g/mol. The lowest BCUT2D eigenvalue weighted by Gasteiger charge is -2.25. The van der Waals surface area contributed by atoms with Crippen LogP contribution >= 0.6 is 0 Å². The quantitative estimate of drug-likeness (QED) is 0.895. The number of nitrogens with zero attached hydrogens (tertiary/aromatic N) is 2. The van der Waals surface area contributed by atoms with Crippen LogP contribution in [0.2, 0.25) is 0 Å². The molecule has 4 nitrogen and oxygen atoms in total. The fraction of sp³-hybridized carbons (Fsp3) is 0.786. The molecule has 2 fully saturated rings. The van der Waals surface area contributed by atoms with Crippen molar-refractivity contribution in [2.75, 3.05) is 5.73 Å². The maximum absolute atomic E-state index is 12.4. The van der Waals surface area contributed by atoms with E-state index in [9.17, 15) is 4.79 Å². The third kappa shape index (κ3) is 1.78. The first kappa shape index (κ1) is 11.9. The third-order valence-electron chi connectivity index (χ3n) is 4.44. The van der Waals surface area contributed by atoms with Crippen molar-refractivity contribution in [2.24, 2.45) is 0 Å². The van der Waals surface area contributed by atoms with Crippen LogP contribution in [-0.4, -0.2) is 9.36 Å². The molecule has 0 radical (unpaired) electrons. The van der Waals surface area contributed by atoms with E-state index in [-0.39, 0.29) is 5.56 Å². The molecule has 2 aliphatic carbocycles. The molecule has 0 aliphatic heterocycles. The minimum Gasteiger partial charge on any atom is -0.393 e. The topological polar surface area (TPSA) is 52.9 Å². The molecule has 100 valence electrons. The molecule has 0 bridgehead atoms. The van der Waals surface area contributed by atoms with Crippen LogP contribution in [0.4, 0.5) is 5.69 Å². The van der Waals surface area contributed by atoms with Crippen molar-refractivity contribution >= 4 is 5.69 Å². The van der Waals surface area contributed by atoms with Crippen LogP contribution in [0.15, 0.2) is 4.79 Å². The lowest BCUT2D eigenvalue weighted by Crippen LogP contribution is -2.29. The molecule has 4 heteroatoms. The molecule has 0 amide bonds. The normalized spacial score (nSPS) is 21.4. The van der Waals surface area contributed by atoms with Crippen LogP contribution in [0, 0.1) is 0 Å². The Morgan fingerprint density at radius 2 is 1.83 bits per heavy atom. The van der Waals surface area contributed by atoms with Gasteiger partial charge in [0.25, 0.3) is 5.56 Å². The number of rotatable bonds is 3. The monoisotopic (exact) mass is 249 g/mol. The van der Waals surface area contributed by atoms with Gasteiger partial charge in [-0.3, -0.25) is 9.48 Å². The summed E-state index contributed by atoms with van der Waals surface area (Å²) in [5.41, 5.74) is 7.77. The van der Waals surface area contributed by atoms with Crippen molar-refractivity contribution in [3.8, 4) is 0 Å². The zero-order valence-corrected chi connectivity index (χ0v) is 11.2. The van der Waals surface area contributed by atoms with Gasteiger partial charge < -0.3 is 5.73 Å². The van der Waals surface area contributed by atoms with Gasteiger partial charge in [0.15, 0.2) is 0 Å². The Balaban J connectivity index is 2.06. The van der Waals surface area contributed by atoms with Gasteiger partial charge in [-0.25, -0.2) is 4.68 Å². The summed E-state index contributed by atoms with van der Waals surface area (Å²) in [6, 6.07) is 0.376. The predicted octanol–water partition coefficient (Wildman–Crippen LogP) is 2.63. The highest BCUT2D eigenvalue weighted by Gasteiger charge is 2.33. The first-order valence-corrected chi connectivity index (χ1v) is 7.34.